The van der Waals surface area contributed by atoms with Gasteiger partial charge < -0.3 is 15.0 Å². The van der Waals surface area contributed by atoms with Crippen molar-refractivity contribution in [1.29, 1.82) is 0 Å². The van der Waals surface area contributed by atoms with E-state index in [0.717, 1.165) is 69.4 Å². The number of ether oxygens (including phenoxy) is 1. The largest absolute Gasteiger partial charge is 0.444 e. The number of anilines is 1. The lowest BCUT2D eigenvalue weighted by molar-refractivity contribution is -0.120. The molecular weight excluding hydrogens is 683 g/mol. The molecule has 6 rings (SSSR count). The van der Waals surface area contributed by atoms with Crippen molar-refractivity contribution in [3.8, 4) is 0 Å². The van der Waals surface area contributed by atoms with Gasteiger partial charge in [-0.3, -0.25) is 19.7 Å². The highest BCUT2D eigenvalue weighted by Gasteiger charge is 2.35. The molecule has 1 aromatic rings. The van der Waals surface area contributed by atoms with Crippen molar-refractivity contribution in [1.82, 2.24) is 29.6 Å². The quantitative estimate of drug-likeness (QED) is 0.343. The lowest BCUT2D eigenvalue weighted by Gasteiger charge is -2.38. The highest BCUT2D eigenvalue weighted by atomic mass is 32.2. The molecule has 0 radical (unpaired) electrons. The van der Waals surface area contributed by atoms with E-state index in [1.165, 1.54) is 0 Å². The third-order valence-corrected chi connectivity index (χ3v) is 13.2. The molecule has 0 spiro atoms. The number of hydrogen-bond acceptors (Lipinski definition) is 8. The molecule has 0 saturated carbocycles. The summed E-state index contributed by atoms with van der Waals surface area (Å²) in [6, 6.07) is -0.512. The van der Waals surface area contributed by atoms with E-state index in [-0.39, 0.29) is 24.3 Å². The summed E-state index contributed by atoms with van der Waals surface area (Å²) in [5.74, 6) is 2.04. The molecule has 3 aliphatic heterocycles. The number of allylic oxidation sites excluding steroid dienone is 4. The number of aromatic nitrogens is 2. The summed E-state index contributed by atoms with van der Waals surface area (Å²) in [4.78, 5) is 40.9. The fourth-order valence-corrected chi connectivity index (χ4v) is 10.0. The van der Waals surface area contributed by atoms with Crippen LogP contribution in [0.3, 0.4) is 0 Å². The molecule has 4 amide bonds. The van der Waals surface area contributed by atoms with Gasteiger partial charge in [0.25, 0.3) is 0 Å². The summed E-state index contributed by atoms with van der Waals surface area (Å²) >= 11 is 0. The summed E-state index contributed by atoms with van der Waals surface area (Å²) in [5, 5.41) is 9.98. The van der Waals surface area contributed by atoms with Crippen LogP contribution in [0.4, 0.5) is 15.4 Å². The number of imide groups is 1. The number of rotatable bonds is 10. The maximum absolute atomic E-state index is 13.7. The van der Waals surface area contributed by atoms with Crippen LogP contribution in [0, 0.1) is 23.7 Å². The number of nitrogens with zero attached hydrogens (tertiary/aromatic N) is 5. The van der Waals surface area contributed by atoms with E-state index in [4.69, 9.17) is 4.74 Å². The molecule has 13 nitrogen and oxygen atoms in total. The maximum Gasteiger partial charge on any atom is 0.407 e. The number of amides is 4. The van der Waals surface area contributed by atoms with E-state index < -0.39 is 27.7 Å². The Labute approximate surface area is 308 Å². The zero-order valence-corrected chi connectivity index (χ0v) is 32.3. The minimum absolute atomic E-state index is 0.105. The van der Waals surface area contributed by atoms with Crippen molar-refractivity contribution in [3.63, 3.8) is 0 Å². The first-order chi connectivity index (χ1) is 24.7. The summed E-state index contributed by atoms with van der Waals surface area (Å²) in [5.41, 5.74) is 1.54. The second-order valence-corrected chi connectivity index (χ2v) is 18.2. The maximum atomic E-state index is 13.7. The first kappa shape index (κ1) is 38.2. The smallest absolute Gasteiger partial charge is 0.407 e. The van der Waals surface area contributed by atoms with Crippen LogP contribution in [0.25, 0.3) is 6.08 Å². The highest BCUT2D eigenvalue weighted by Crippen LogP contribution is 2.38. The van der Waals surface area contributed by atoms with Gasteiger partial charge in [0.1, 0.15) is 5.60 Å². The number of alkyl carbamates (subject to hydrolysis) is 1. The number of urea groups is 1. The summed E-state index contributed by atoms with van der Waals surface area (Å²) in [7, 11) is -1.67. The van der Waals surface area contributed by atoms with Crippen LogP contribution in [-0.2, 0) is 33.0 Å². The minimum Gasteiger partial charge on any atom is -0.444 e. The predicted octanol–water partition coefficient (Wildman–Crippen LogP) is 4.96. The van der Waals surface area contributed by atoms with Crippen molar-refractivity contribution in [2.24, 2.45) is 30.7 Å². The van der Waals surface area contributed by atoms with Gasteiger partial charge in [-0.2, -0.15) is 9.40 Å². The third kappa shape index (κ3) is 8.99. The van der Waals surface area contributed by atoms with Gasteiger partial charge >= 0.3 is 12.1 Å². The van der Waals surface area contributed by atoms with Crippen LogP contribution >= 0.6 is 0 Å². The van der Waals surface area contributed by atoms with Crippen molar-refractivity contribution < 1.29 is 27.5 Å². The molecule has 286 valence electrons. The van der Waals surface area contributed by atoms with Crippen LogP contribution in [0.2, 0.25) is 0 Å². The van der Waals surface area contributed by atoms with Crippen LogP contribution in [0.5, 0.6) is 0 Å². The topological polar surface area (TPSA) is 146 Å². The molecule has 5 aliphatic rings. The fraction of sp³-hybridized carbons (Fsp3) is 0.684. The number of fused-ring (bicyclic) bond motifs is 1. The van der Waals surface area contributed by atoms with Crippen molar-refractivity contribution in [3.05, 3.63) is 40.5 Å². The Hall–Kier alpha value is -3.49. The van der Waals surface area contributed by atoms with E-state index in [9.17, 15) is 22.8 Å². The molecule has 52 heavy (non-hydrogen) atoms. The Balaban J connectivity index is 0.974. The van der Waals surface area contributed by atoms with Crippen molar-refractivity contribution >= 4 is 39.9 Å². The standard InChI is InChI=1S/C38H57N7O6S/c1-6-26(22-27-8-7-9-31(23-27)52(49,50)44-19-14-30(15-20-44)39-37(48)51-38(2,3)4)25-43-17-12-28(13-18-43)29-10-11-32-33(24-29)42(5)41-35(32)45-21-16-34(46)40-36(45)47/h7,9-11,23,26-30H,6,8,12-22,24-25H2,1-5H3,(H,39,48)(H,40,46,47). The number of carbonyl (C=O) groups excluding carboxylic acids is 3. The minimum atomic E-state index is -3.61. The molecule has 2 N–H and O–H groups in total. The van der Waals surface area contributed by atoms with Crippen LogP contribution in [0.15, 0.2) is 29.2 Å². The zero-order chi connectivity index (χ0) is 37.2. The normalized spacial score (nSPS) is 24.7. The fourth-order valence-electron chi connectivity index (χ4n) is 8.42. The molecule has 0 aromatic carbocycles. The number of hydrogen-bond donors (Lipinski definition) is 2. The first-order valence-electron chi connectivity index (χ1n) is 19.2. The number of aryl methyl sites for hydroxylation is 1. The van der Waals surface area contributed by atoms with Gasteiger partial charge in [-0.15, -0.1) is 0 Å². The summed E-state index contributed by atoms with van der Waals surface area (Å²) < 4.78 is 36.2. The van der Waals surface area contributed by atoms with E-state index >= 15 is 0 Å². The Morgan fingerprint density at radius 1 is 1.08 bits per heavy atom. The zero-order valence-electron chi connectivity index (χ0n) is 31.5. The lowest BCUT2D eigenvalue weighted by Crippen LogP contribution is -2.50. The van der Waals surface area contributed by atoms with Gasteiger partial charge in [0.2, 0.25) is 15.9 Å². The third-order valence-electron chi connectivity index (χ3n) is 11.3. The van der Waals surface area contributed by atoms with Gasteiger partial charge in [-0.1, -0.05) is 37.6 Å². The summed E-state index contributed by atoms with van der Waals surface area (Å²) in [6.07, 6.45) is 17.1. The number of likely N-dealkylation sites (tertiary alicyclic amines) is 1. The molecule has 4 heterocycles. The first-order valence-corrected chi connectivity index (χ1v) is 20.6. The molecule has 0 bridgehead atoms. The molecule has 3 saturated heterocycles. The average Bonchev–Trinajstić information content (AvgIpc) is 3.42. The molecule has 3 fully saturated rings. The van der Waals surface area contributed by atoms with Gasteiger partial charge in [-0.05, 0) is 109 Å². The van der Waals surface area contributed by atoms with Crippen LogP contribution in [-0.4, -0.2) is 96.3 Å². The molecular formula is C38H57N7O6S. The molecule has 2 aliphatic carbocycles. The van der Waals surface area contributed by atoms with Gasteiger partial charge in [0.15, 0.2) is 5.82 Å². The van der Waals surface area contributed by atoms with Gasteiger partial charge in [0, 0.05) is 56.9 Å². The number of carbonyl (C=O) groups is 3. The lowest BCUT2D eigenvalue weighted by atomic mass is 9.78. The van der Waals surface area contributed by atoms with Crippen LogP contribution in [0.1, 0.15) is 90.3 Å². The molecule has 3 unspecified atom stereocenters. The summed E-state index contributed by atoms with van der Waals surface area (Å²) in [6.45, 7) is 11.9. The average molecular weight is 740 g/mol. The number of piperidine rings is 2. The van der Waals surface area contributed by atoms with E-state index in [0.29, 0.717) is 61.0 Å². The molecule has 3 atom stereocenters. The van der Waals surface area contributed by atoms with Crippen molar-refractivity contribution in [2.75, 3.05) is 44.2 Å². The predicted molar refractivity (Wildman–Crippen MR) is 201 cm³/mol. The highest BCUT2D eigenvalue weighted by molar-refractivity contribution is 7.93. The monoisotopic (exact) mass is 739 g/mol. The number of sulfonamides is 1. The molecule has 1 aromatic heterocycles. The van der Waals surface area contributed by atoms with Gasteiger partial charge in [0.05, 0.1) is 4.91 Å². The van der Waals surface area contributed by atoms with E-state index in [2.05, 4.69) is 39.7 Å². The van der Waals surface area contributed by atoms with E-state index in [1.807, 2.05) is 44.7 Å². The van der Waals surface area contributed by atoms with E-state index in [1.54, 1.807) is 15.3 Å². The van der Waals surface area contributed by atoms with Crippen LogP contribution < -0.4 is 15.5 Å². The Bertz CT molecular complexity index is 1690. The SMILES string of the molecule is CCC(CC1C=C(S(=O)(=O)N2CCC(NC(=O)OC(C)(C)C)CC2)C=CC1)CN1CCC(C2C=Cc3c(N4CCC(=O)NC4=O)nn(C)c3C2)CC1. The van der Waals surface area contributed by atoms with Gasteiger partial charge in [-0.25, -0.2) is 18.0 Å². The second kappa shape index (κ2) is 15.9. The number of nitrogens with one attached hydrogen (secondary N) is 2. The van der Waals surface area contributed by atoms with Crippen molar-refractivity contribution in [2.45, 2.75) is 97.1 Å². The Morgan fingerprint density at radius 2 is 1.81 bits per heavy atom. The molecule has 14 heteroatoms. The second-order valence-electron chi connectivity index (χ2n) is 16.2. The Morgan fingerprint density at radius 3 is 2.48 bits per heavy atom. The Kier molecular flexibility index (Phi) is 11.7.